The van der Waals surface area contributed by atoms with Crippen LogP contribution in [0.1, 0.15) is 83.3 Å². The van der Waals surface area contributed by atoms with E-state index in [1.54, 1.807) is 55.5 Å². The Labute approximate surface area is 361 Å². The Morgan fingerprint density at radius 2 is 1.41 bits per heavy atom. The number of nitrogens with one attached hydrogen (secondary N) is 4. The second-order valence-corrected chi connectivity index (χ2v) is 14.5. The molecule has 1 aliphatic heterocycles. The van der Waals surface area contributed by atoms with Crippen LogP contribution in [0.2, 0.25) is 0 Å². The van der Waals surface area contributed by atoms with E-state index in [0.717, 1.165) is 4.90 Å². The number of benzene rings is 3. The van der Waals surface area contributed by atoms with Crippen molar-refractivity contribution in [3.05, 3.63) is 106 Å². The van der Waals surface area contributed by atoms with Crippen LogP contribution in [0.25, 0.3) is 0 Å². The fourth-order valence-electron chi connectivity index (χ4n) is 6.80. The molecule has 0 radical (unpaired) electrons. The fraction of sp³-hybridized carbons (Fsp3) is 0.357. The van der Waals surface area contributed by atoms with E-state index < -0.39 is 144 Å². The molecule has 6 amide bonds. The number of aliphatic carboxylic acids is 1. The number of carboxylic acids is 2. The van der Waals surface area contributed by atoms with Crippen molar-refractivity contribution < 1.29 is 75.7 Å². The summed E-state index contributed by atoms with van der Waals surface area (Å²) >= 11 is 0. The third kappa shape index (κ3) is 12.7. The van der Waals surface area contributed by atoms with Crippen molar-refractivity contribution in [2.45, 2.75) is 82.3 Å². The molecular weight excluding hydrogens is 856 g/mol. The molecule has 5 unspecified atom stereocenters. The molecule has 3 aromatic rings. The Morgan fingerprint density at radius 1 is 0.797 bits per heavy atom. The van der Waals surface area contributed by atoms with Gasteiger partial charge < -0.3 is 46.9 Å². The lowest BCUT2D eigenvalue weighted by Crippen LogP contribution is -2.56. The van der Waals surface area contributed by atoms with Crippen molar-refractivity contribution >= 4 is 53.2 Å². The zero-order chi connectivity index (χ0) is 47.2. The Bertz CT molecular complexity index is 2270. The monoisotopic (exact) mass is 900 g/mol. The molecule has 1 aliphatic rings. The number of likely N-dealkylation sites (tertiary alicyclic amines) is 1. The summed E-state index contributed by atoms with van der Waals surface area (Å²) in [4.78, 5) is 117. The van der Waals surface area contributed by atoms with Crippen LogP contribution >= 0.6 is 0 Å². The first-order chi connectivity index (χ1) is 30.4. The van der Waals surface area contributed by atoms with E-state index in [1.807, 2.05) is 5.32 Å². The van der Waals surface area contributed by atoms with E-state index in [9.17, 15) is 70.9 Å². The SMILES string of the molecule is CCCC(NC(=O)C1CC(OCc2ccccc2)CN1C(=O)C(CCCC(=O)O)NC(=O)c1c(F)c(F)c(F)c(F)c1C(=O)O)C(=O)C(=O)NCC(=O)NC(C(N)=O)c1ccccc1. The summed E-state index contributed by atoms with van der Waals surface area (Å²) in [6.07, 6.45) is -2.68. The van der Waals surface area contributed by atoms with Crippen LogP contribution in [0.15, 0.2) is 60.7 Å². The maximum Gasteiger partial charge on any atom is 0.339 e. The summed E-state index contributed by atoms with van der Waals surface area (Å²) in [5, 5.41) is 27.6. The van der Waals surface area contributed by atoms with E-state index in [4.69, 9.17) is 10.5 Å². The number of halogens is 4. The van der Waals surface area contributed by atoms with Gasteiger partial charge in [-0.05, 0) is 30.4 Å². The minimum atomic E-state index is -2.54. The molecule has 0 aliphatic carbocycles. The van der Waals surface area contributed by atoms with Gasteiger partial charge in [-0.1, -0.05) is 74.0 Å². The fourth-order valence-corrected chi connectivity index (χ4v) is 6.80. The van der Waals surface area contributed by atoms with Gasteiger partial charge in [0.1, 0.15) is 23.7 Å². The summed E-state index contributed by atoms with van der Waals surface area (Å²) in [6, 6.07) is 10.2. The first-order valence-electron chi connectivity index (χ1n) is 19.7. The number of carbonyl (C=O) groups excluding carboxylic acids is 7. The molecule has 3 aromatic carbocycles. The molecule has 0 saturated carbocycles. The highest BCUT2D eigenvalue weighted by atomic mass is 19.2. The number of carbonyl (C=O) groups is 9. The van der Waals surface area contributed by atoms with Crippen LogP contribution in [0, 0.1) is 23.3 Å². The van der Waals surface area contributed by atoms with Crippen LogP contribution < -0.4 is 27.0 Å². The number of aromatic carboxylic acids is 1. The predicted molar refractivity (Wildman–Crippen MR) is 212 cm³/mol. The number of nitrogens with two attached hydrogens (primary N) is 1. The quantitative estimate of drug-likeness (QED) is 0.0329. The molecule has 18 nitrogen and oxygen atoms in total. The Hall–Kier alpha value is -7.23. The lowest BCUT2D eigenvalue weighted by atomic mass is 10.0. The van der Waals surface area contributed by atoms with Gasteiger partial charge in [-0.15, -0.1) is 0 Å². The lowest BCUT2D eigenvalue weighted by molar-refractivity contribution is -0.143. The van der Waals surface area contributed by atoms with Gasteiger partial charge in [0.2, 0.25) is 29.4 Å². The molecule has 1 saturated heterocycles. The third-order valence-corrected chi connectivity index (χ3v) is 9.94. The second kappa shape index (κ2) is 22.7. The summed E-state index contributed by atoms with van der Waals surface area (Å²) in [7, 11) is 0. The largest absolute Gasteiger partial charge is 0.481 e. The first-order valence-corrected chi connectivity index (χ1v) is 19.7. The van der Waals surface area contributed by atoms with Crippen molar-refractivity contribution in [1.29, 1.82) is 0 Å². The third-order valence-electron chi connectivity index (χ3n) is 9.94. The number of ketones is 1. The van der Waals surface area contributed by atoms with Crippen molar-refractivity contribution in [3.63, 3.8) is 0 Å². The van der Waals surface area contributed by atoms with Gasteiger partial charge in [0, 0.05) is 19.4 Å². The molecule has 64 heavy (non-hydrogen) atoms. The Morgan fingerprint density at radius 3 is 1.98 bits per heavy atom. The summed E-state index contributed by atoms with van der Waals surface area (Å²) in [5.41, 5.74) is 2.73. The van der Waals surface area contributed by atoms with E-state index >= 15 is 0 Å². The van der Waals surface area contributed by atoms with Crippen molar-refractivity contribution in [3.8, 4) is 0 Å². The molecule has 0 bridgehead atoms. The average molecular weight is 901 g/mol. The smallest absolute Gasteiger partial charge is 0.339 e. The van der Waals surface area contributed by atoms with Gasteiger partial charge >= 0.3 is 11.9 Å². The maximum absolute atomic E-state index is 15.0. The van der Waals surface area contributed by atoms with Crippen molar-refractivity contribution in [2.24, 2.45) is 5.73 Å². The van der Waals surface area contributed by atoms with Gasteiger partial charge in [-0.25, -0.2) is 22.4 Å². The molecule has 22 heteroatoms. The number of nitrogens with zero attached hydrogens (tertiary/aromatic N) is 1. The Kier molecular flexibility index (Phi) is 17.6. The zero-order valence-corrected chi connectivity index (χ0v) is 34.0. The van der Waals surface area contributed by atoms with Gasteiger partial charge in [0.25, 0.3) is 11.8 Å². The molecule has 5 atom stereocenters. The molecular formula is C42H44F4N6O12. The van der Waals surface area contributed by atoms with E-state index in [-0.39, 0.29) is 32.3 Å². The summed E-state index contributed by atoms with van der Waals surface area (Å²) in [5.74, 6) is -22.1. The summed E-state index contributed by atoms with van der Waals surface area (Å²) < 4.78 is 63.8. The highest BCUT2D eigenvalue weighted by Gasteiger charge is 2.44. The van der Waals surface area contributed by atoms with Gasteiger partial charge in [-0.3, -0.25) is 38.4 Å². The maximum atomic E-state index is 15.0. The number of ether oxygens (including phenoxy) is 1. The number of hydrogen-bond acceptors (Lipinski definition) is 10. The van der Waals surface area contributed by atoms with Crippen LogP contribution in [0.5, 0.6) is 0 Å². The first kappa shape index (κ1) is 49.4. The number of hydrogen-bond donors (Lipinski definition) is 7. The number of amides is 6. The summed E-state index contributed by atoms with van der Waals surface area (Å²) in [6.45, 7) is 0.395. The minimum absolute atomic E-state index is 0.0319. The zero-order valence-electron chi connectivity index (χ0n) is 34.0. The number of rotatable bonds is 22. The van der Waals surface area contributed by atoms with E-state index in [1.165, 1.54) is 12.1 Å². The highest BCUT2D eigenvalue weighted by molar-refractivity contribution is 6.38. The topological polar surface area (TPSA) is 281 Å². The highest BCUT2D eigenvalue weighted by Crippen LogP contribution is 2.27. The van der Waals surface area contributed by atoms with Gasteiger partial charge in [-0.2, -0.15) is 0 Å². The number of Topliss-reactive ketones (excluding diaryl/α,β-unsaturated/α-hetero) is 1. The molecule has 4 rings (SSSR count). The molecule has 342 valence electrons. The van der Waals surface area contributed by atoms with Crippen molar-refractivity contribution in [2.75, 3.05) is 13.1 Å². The lowest BCUT2D eigenvalue weighted by Gasteiger charge is -2.29. The normalized spacial score (nSPS) is 15.9. The Balaban J connectivity index is 1.59. The predicted octanol–water partition coefficient (Wildman–Crippen LogP) is 1.79. The van der Waals surface area contributed by atoms with Crippen LogP contribution in [-0.4, -0.2) is 106 Å². The van der Waals surface area contributed by atoms with Crippen LogP contribution in [0.4, 0.5) is 17.6 Å². The molecule has 1 fully saturated rings. The average Bonchev–Trinajstić information content (AvgIpc) is 3.70. The number of primary amides is 1. The van der Waals surface area contributed by atoms with Gasteiger partial charge in [0.15, 0.2) is 23.3 Å². The minimum Gasteiger partial charge on any atom is -0.481 e. The number of carboxylic acid groups (broad SMARTS) is 2. The van der Waals surface area contributed by atoms with Gasteiger partial charge in [0.05, 0.1) is 30.9 Å². The van der Waals surface area contributed by atoms with Crippen LogP contribution in [0.3, 0.4) is 0 Å². The van der Waals surface area contributed by atoms with E-state index in [2.05, 4.69) is 16.0 Å². The van der Waals surface area contributed by atoms with Crippen molar-refractivity contribution in [1.82, 2.24) is 26.2 Å². The standard InChI is InChI=1S/C42H44F4N6O12/c1-2-10-24(36(56)40(60)48-18-27(53)51-35(37(47)57)22-13-7-4-8-14-22)49-38(58)26-17-23(64-20-21-11-5-3-6-12-21)19-52(26)41(61)25(15-9-16-28(54)55)50-39(59)29-30(42(62)63)32(44)34(46)33(45)31(29)43/h3-8,11-14,23-26,35H,2,9-10,15-20H2,1H3,(H2,47,57)(H,48,60)(H,49,58)(H,50,59)(H,51,53)(H,54,55)(H,62,63). The molecule has 1 heterocycles. The second-order valence-electron chi connectivity index (χ2n) is 14.5. The van der Waals surface area contributed by atoms with E-state index in [0.29, 0.717) is 11.1 Å². The molecule has 0 aromatic heterocycles. The molecule has 8 N–H and O–H groups in total. The molecule has 0 spiro atoms. The van der Waals surface area contributed by atoms with Crippen LogP contribution in [-0.2, 0) is 44.9 Å².